The summed E-state index contributed by atoms with van der Waals surface area (Å²) in [7, 11) is 1.31. The molecule has 0 bridgehead atoms. The van der Waals surface area contributed by atoms with E-state index in [0.29, 0.717) is 6.04 Å². The van der Waals surface area contributed by atoms with Crippen molar-refractivity contribution >= 4 is 11.9 Å². The van der Waals surface area contributed by atoms with E-state index < -0.39 is 5.97 Å². The third kappa shape index (κ3) is 3.80. The van der Waals surface area contributed by atoms with E-state index in [0.717, 1.165) is 39.0 Å². The minimum absolute atomic E-state index is 0.135. The van der Waals surface area contributed by atoms with Crippen molar-refractivity contribution in [1.29, 1.82) is 0 Å². The molecule has 3 heterocycles. The third-order valence-electron chi connectivity index (χ3n) is 5.07. The fraction of sp³-hybridized carbons (Fsp3) is 0.667. The lowest BCUT2D eigenvalue weighted by Crippen LogP contribution is -2.50. The molecule has 24 heavy (non-hydrogen) atoms. The normalized spacial score (nSPS) is 22.9. The second-order valence-corrected chi connectivity index (χ2v) is 6.69. The molecule has 0 radical (unpaired) electrons. The topological polar surface area (TPSA) is 63.0 Å². The number of amides is 1. The van der Waals surface area contributed by atoms with Crippen LogP contribution in [0.4, 0.5) is 0 Å². The zero-order chi connectivity index (χ0) is 16.9. The van der Waals surface area contributed by atoms with E-state index in [1.165, 1.54) is 45.1 Å². The fourth-order valence-corrected chi connectivity index (χ4v) is 3.73. The van der Waals surface area contributed by atoms with Gasteiger partial charge in [-0.3, -0.25) is 9.69 Å². The van der Waals surface area contributed by atoms with Crippen LogP contribution in [0.5, 0.6) is 0 Å². The molecule has 1 amide bonds. The van der Waals surface area contributed by atoms with Gasteiger partial charge < -0.3 is 14.1 Å². The van der Waals surface area contributed by atoms with Gasteiger partial charge in [0.1, 0.15) is 6.26 Å². The first kappa shape index (κ1) is 17.0. The zero-order valence-electron chi connectivity index (χ0n) is 14.3. The van der Waals surface area contributed by atoms with Gasteiger partial charge in [0.2, 0.25) is 0 Å². The molecule has 1 aromatic rings. The number of carbonyl (C=O) groups excluding carboxylic acids is 2. The first-order valence-corrected chi connectivity index (χ1v) is 8.89. The average Bonchev–Trinajstić information content (AvgIpc) is 2.96. The van der Waals surface area contributed by atoms with Crippen molar-refractivity contribution in [1.82, 2.24) is 9.80 Å². The van der Waals surface area contributed by atoms with Gasteiger partial charge in [-0.05, 0) is 38.8 Å². The first-order chi connectivity index (χ1) is 11.7. The van der Waals surface area contributed by atoms with Crippen molar-refractivity contribution in [3.63, 3.8) is 0 Å². The largest absolute Gasteiger partial charge is 0.465 e. The van der Waals surface area contributed by atoms with Crippen LogP contribution in [0.1, 0.15) is 59.4 Å². The molecule has 0 spiro atoms. The van der Waals surface area contributed by atoms with Crippen LogP contribution >= 0.6 is 0 Å². The summed E-state index contributed by atoms with van der Waals surface area (Å²) in [5, 5.41) is 0. The number of methoxy groups -OCH3 is 1. The molecule has 3 rings (SSSR count). The van der Waals surface area contributed by atoms with Crippen LogP contribution in [0.15, 0.2) is 16.7 Å². The van der Waals surface area contributed by atoms with Gasteiger partial charge >= 0.3 is 5.97 Å². The number of likely N-dealkylation sites (tertiary alicyclic amines) is 2. The Labute approximate surface area is 142 Å². The number of hydrogen-bond donors (Lipinski definition) is 0. The lowest BCUT2D eigenvalue weighted by atomic mass is 10.0. The minimum atomic E-state index is -0.487. The number of furan rings is 1. The summed E-state index contributed by atoms with van der Waals surface area (Å²) >= 11 is 0. The van der Waals surface area contributed by atoms with Crippen molar-refractivity contribution in [3.8, 4) is 0 Å². The molecule has 0 aliphatic carbocycles. The molecule has 2 aliphatic rings. The van der Waals surface area contributed by atoms with E-state index in [1.54, 1.807) is 0 Å². The van der Waals surface area contributed by atoms with Gasteiger partial charge in [0.25, 0.3) is 5.91 Å². The molecular weight excluding hydrogens is 308 g/mol. The summed E-state index contributed by atoms with van der Waals surface area (Å²) in [6.45, 7) is 3.77. The maximum atomic E-state index is 12.7. The standard InChI is InChI=1S/C18H26N2O4/c1-23-18(22)14-11-16(24-13-14)17(21)20-10-6-7-15(12-20)19-8-4-2-3-5-9-19/h11,13,15H,2-10,12H2,1H3/t15-/m1/s1. The summed E-state index contributed by atoms with van der Waals surface area (Å²) < 4.78 is 9.95. The van der Waals surface area contributed by atoms with E-state index >= 15 is 0 Å². The maximum Gasteiger partial charge on any atom is 0.341 e. The van der Waals surface area contributed by atoms with E-state index in [4.69, 9.17) is 4.42 Å². The highest BCUT2D eigenvalue weighted by atomic mass is 16.5. The Morgan fingerprint density at radius 3 is 2.58 bits per heavy atom. The molecule has 2 aliphatic heterocycles. The molecule has 0 aromatic carbocycles. The molecular formula is C18H26N2O4. The first-order valence-electron chi connectivity index (χ1n) is 8.89. The van der Waals surface area contributed by atoms with E-state index in [1.807, 2.05) is 4.90 Å². The Morgan fingerprint density at radius 2 is 1.88 bits per heavy atom. The zero-order valence-corrected chi connectivity index (χ0v) is 14.3. The van der Waals surface area contributed by atoms with Gasteiger partial charge in [0, 0.05) is 25.2 Å². The highest BCUT2D eigenvalue weighted by Crippen LogP contribution is 2.22. The molecule has 0 N–H and O–H groups in total. The molecule has 0 unspecified atom stereocenters. The highest BCUT2D eigenvalue weighted by molar-refractivity contribution is 5.96. The SMILES string of the molecule is COC(=O)c1coc(C(=O)N2CCC[C@@H](N3CCCCCC3)C2)c1. The van der Waals surface area contributed by atoms with Crippen LogP contribution in [-0.2, 0) is 4.74 Å². The molecule has 6 nitrogen and oxygen atoms in total. The van der Waals surface area contributed by atoms with E-state index in [9.17, 15) is 9.59 Å². The molecule has 2 fully saturated rings. The van der Waals surface area contributed by atoms with Gasteiger partial charge in [-0.1, -0.05) is 12.8 Å². The monoisotopic (exact) mass is 334 g/mol. The number of hydrogen-bond acceptors (Lipinski definition) is 5. The molecule has 2 saturated heterocycles. The number of nitrogens with zero attached hydrogens (tertiary/aromatic N) is 2. The van der Waals surface area contributed by atoms with Crippen LogP contribution in [-0.4, -0.2) is 61.0 Å². The van der Waals surface area contributed by atoms with Crippen molar-refractivity contribution in [2.45, 2.75) is 44.6 Å². The Morgan fingerprint density at radius 1 is 1.12 bits per heavy atom. The third-order valence-corrected chi connectivity index (χ3v) is 5.07. The lowest BCUT2D eigenvalue weighted by Gasteiger charge is -2.38. The molecule has 132 valence electrons. The number of rotatable bonds is 3. The van der Waals surface area contributed by atoms with Crippen molar-refractivity contribution in [2.24, 2.45) is 0 Å². The fourth-order valence-electron chi connectivity index (χ4n) is 3.73. The van der Waals surface area contributed by atoms with Crippen molar-refractivity contribution in [2.75, 3.05) is 33.3 Å². The average molecular weight is 334 g/mol. The highest BCUT2D eigenvalue weighted by Gasteiger charge is 2.30. The maximum absolute atomic E-state index is 12.7. The molecule has 6 heteroatoms. The van der Waals surface area contributed by atoms with Gasteiger partial charge in [-0.15, -0.1) is 0 Å². The van der Waals surface area contributed by atoms with E-state index in [-0.39, 0.29) is 17.2 Å². The number of esters is 1. The second-order valence-electron chi connectivity index (χ2n) is 6.69. The Kier molecular flexibility index (Phi) is 5.56. The van der Waals surface area contributed by atoms with Crippen molar-refractivity contribution < 1.29 is 18.7 Å². The summed E-state index contributed by atoms with van der Waals surface area (Å²) in [6.07, 6.45) is 8.58. The molecule has 0 saturated carbocycles. The molecule has 1 aromatic heterocycles. The number of carbonyl (C=O) groups is 2. The van der Waals surface area contributed by atoms with E-state index in [2.05, 4.69) is 9.64 Å². The quantitative estimate of drug-likeness (QED) is 0.795. The Hall–Kier alpha value is -1.82. The van der Waals surface area contributed by atoms with Crippen LogP contribution in [0.3, 0.4) is 0 Å². The predicted molar refractivity (Wildman–Crippen MR) is 89.0 cm³/mol. The van der Waals surface area contributed by atoms with Crippen LogP contribution in [0, 0.1) is 0 Å². The summed E-state index contributed by atoms with van der Waals surface area (Å²) in [5.41, 5.74) is 0.280. The second kappa shape index (κ2) is 7.83. The minimum Gasteiger partial charge on any atom is -0.465 e. The van der Waals surface area contributed by atoms with Gasteiger partial charge in [0.15, 0.2) is 5.76 Å². The number of ether oxygens (including phenoxy) is 1. The smallest absolute Gasteiger partial charge is 0.341 e. The summed E-state index contributed by atoms with van der Waals surface area (Å²) in [6, 6.07) is 1.92. The van der Waals surface area contributed by atoms with Gasteiger partial charge in [0.05, 0.1) is 12.7 Å². The van der Waals surface area contributed by atoms with Gasteiger partial charge in [-0.2, -0.15) is 0 Å². The lowest BCUT2D eigenvalue weighted by molar-refractivity contribution is 0.0549. The molecule has 1 atom stereocenters. The Bertz CT molecular complexity index is 575. The summed E-state index contributed by atoms with van der Waals surface area (Å²) in [5.74, 6) is -0.407. The van der Waals surface area contributed by atoms with Crippen LogP contribution < -0.4 is 0 Å². The number of piperidine rings is 1. The Balaban J connectivity index is 1.64. The van der Waals surface area contributed by atoms with Crippen molar-refractivity contribution in [3.05, 3.63) is 23.7 Å². The van der Waals surface area contributed by atoms with Crippen LogP contribution in [0.25, 0.3) is 0 Å². The predicted octanol–water partition coefficient (Wildman–Crippen LogP) is 2.55. The van der Waals surface area contributed by atoms with Crippen LogP contribution in [0.2, 0.25) is 0 Å². The summed E-state index contributed by atoms with van der Waals surface area (Å²) in [4.78, 5) is 28.6. The van der Waals surface area contributed by atoms with Gasteiger partial charge in [-0.25, -0.2) is 4.79 Å².